The first-order valence-electron chi connectivity index (χ1n) is 8.64. The van der Waals surface area contributed by atoms with E-state index >= 15 is 0 Å². The number of sulfonamides is 1. The van der Waals surface area contributed by atoms with Crippen molar-refractivity contribution < 1.29 is 13.2 Å². The Kier molecular flexibility index (Phi) is 6.13. The van der Waals surface area contributed by atoms with Gasteiger partial charge in [0.05, 0.1) is 10.6 Å². The van der Waals surface area contributed by atoms with Crippen LogP contribution in [0.2, 0.25) is 0 Å². The molecule has 3 rings (SSSR count). The van der Waals surface area contributed by atoms with Crippen molar-refractivity contribution in [2.75, 3.05) is 31.9 Å². The zero-order valence-electron chi connectivity index (χ0n) is 15.3. The maximum atomic E-state index is 12.6. The zero-order valence-corrected chi connectivity index (χ0v) is 17.0. The topological polar surface area (TPSA) is 83.5 Å². The van der Waals surface area contributed by atoms with E-state index in [0.29, 0.717) is 31.3 Å². The molecule has 7 nitrogen and oxygen atoms in total. The van der Waals surface area contributed by atoms with Crippen molar-refractivity contribution in [2.45, 2.75) is 23.9 Å². The van der Waals surface area contributed by atoms with Crippen LogP contribution >= 0.6 is 11.8 Å². The standard InChI is InChI=1S/C18H22N4O3S2/c1-14-12-15(2)20-18(19-14)26-13-17(23)21-8-10-22(11-9-21)27(24,25)16-6-4-3-5-7-16/h3-7,12H,8-11,13H2,1-2H3. The molecule has 0 spiro atoms. The lowest BCUT2D eigenvalue weighted by Gasteiger charge is -2.34. The monoisotopic (exact) mass is 406 g/mol. The van der Waals surface area contributed by atoms with Gasteiger partial charge in [-0.25, -0.2) is 18.4 Å². The lowest BCUT2D eigenvalue weighted by atomic mass is 10.3. The minimum Gasteiger partial charge on any atom is -0.339 e. The smallest absolute Gasteiger partial charge is 0.243 e. The highest BCUT2D eigenvalue weighted by Gasteiger charge is 2.29. The Morgan fingerprint density at radius 1 is 1.04 bits per heavy atom. The van der Waals surface area contributed by atoms with Gasteiger partial charge in [0.25, 0.3) is 0 Å². The number of carbonyl (C=O) groups excluding carboxylic acids is 1. The van der Waals surface area contributed by atoms with Crippen molar-refractivity contribution in [1.29, 1.82) is 0 Å². The van der Waals surface area contributed by atoms with Crippen molar-refractivity contribution in [3.63, 3.8) is 0 Å². The average molecular weight is 407 g/mol. The number of amides is 1. The van der Waals surface area contributed by atoms with Crippen LogP contribution in [0.3, 0.4) is 0 Å². The molecule has 0 unspecified atom stereocenters. The Balaban J connectivity index is 1.55. The summed E-state index contributed by atoms with van der Waals surface area (Å²) in [5.41, 5.74) is 1.74. The highest BCUT2D eigenvalue weighted by Crippen LogP contribution is 2.19. The average Bonchev–Trinajstić information content (AvgIpc) is 2.66. The van der Waals surface area contributed by atoms with E-state index in [0.717, 1.165) is 11.4 Å². The highest BCUT2D eigenvalue weighted by molar-refractivity contribution is 7.99. The van der Waals surface area contributed by atoms with Gasteiger partial charge >= 0.3 is 0 Å². The van der Waals surface area contributed by atoms with E-state index in [1.54, 1.807) is 35.2 Å². The van der Waals surface area contributed by atoms with Gasteiger partial charge in [0.15, 0.2) is 5.16 Å². The molecule has 0 atom stereocenters. The molecule has 0 bridgehead atoms. The number of hydrogen-bond acceptors (Lipinski definition) is 6. The molecule has 1 amide bonds. The van der Waals surface area contributed by atoms with E-state index in [1.165, 1.54) is 16.1 Å². The third kappa shape index (κ3) is 4.85. The van der Waals surface area contributed by atoms with Crippen molar-refractivity contribution in [1.82, 2.24) is 19.2 Å². The minimum atomic E-state index is -3.51. The number of rotatable bonds is 5. The summed E-state index contributed by atoms with van der Waals surface area (Å²) >= 11 is 1.31. The fourth-order valence-corrected chi connectivity index (χ4v) is 5.19. The summed E-state index contributed by atoms with van der Waals surface area (Å²) in [6.07, 6.45) is 0. The SMILES string of the molecule is Cc1cc(C)nc(SCC(=O)N2CCN(S(=O)(=O)c3ccccc3)CC2)n1. The van der Waals surface area contributed by atoms with E-state index in [-0.39, 0.29) is 16.6 Å². The number of nitrogens with zero attached hydrogens (tertiary/aromatic N) is 4. The van der Waals surface area contributed by atoms with Crippen molar-refractivity contribution in [3.8, 4) is 0 Å². The second-order valence-electron chi connectivity index (χ2n) is 6.32. The molecule has 1 saturated heterocycles. The molecule has 1 aromatic heterocycles. The zero-order chi connectivity index (χ0) is 19.4. The Bertz CT molecular complexity index is 891. The molecule has 1 fully saturated rings. The predicted octanol–water partition coefficient (Wildman–Crippen LogP) is 1.72. The quantitative estimate of drug-likeness (QED) is 0.555. The summed E-state index contributed by atoms with van der Waals surface area (Å²) in [6, 6.07) is 10.3. The van der Waals surface area contributed by atoms with Crippen LogP contribution in [-0.2, 0) is 14.8 Å². The third-order valence-corrected chi connectivity index (χ3v) is 7.00. The first-order valence-corrected chi connectivity index (χ1v) is 11.1. The molecule has 0 aliphatic carbocycles. The summed E-state index contributed by atoms with van der Waals surface area (Å²) in [5.74, 6) is 0.216. The number of aryl methyl sites for hydroxylation is 2. The molecule has 9 heteroatoms. The van der Waals surface area contributed by atoms with Crippen LogP contribution in [0, 0.1) is 13.8 Å². The molecule has 1 aromatic carbocycles. The van der Waals surface area contributed by atoms with E-state index in [2.05, 4.69) is 9.97 Å². The number of benzene rings is 1. The van der Waals surface area contributed by atoms with E-state index in [1.807, 2.05) is 19.9 Å². The molecular weight excluding hydrogens is 384 g/mol. The second-order valence-corrected chi connectivity index (χ2v) is 9.20. The first-order chi connectivity index (χ1) is 12.9. The first kappa shape index (κ1) is 19.8. The Morgan fingerprint density at radius 2 is 1.63 bits per heavy atom. The predicted molar refractivity (Wildman–Crippen MR) is 104 cm³/mol. The van der Waals surface area contributed by atoms with Crippen LogP contribution in [0.4, 0.5) is 0 Å². The Morgan fingerprint density at radius 3 is 2.22 bits per heavy atom. The van der Waals surface area contributed by atoms with Gasteiger partial charge in [-0.1, -0.05) is 30.0 Å². The molecule has 2 aromatic rings. The van der Waals surface area contributed by atoms with E-state index < -0.39 is 10.0 Å². The van der Waals surface area contributed by atoms with Crippen LogP contribution in [0.5, 0.6) is 0 Å². The number of thioether (sulfide) groups is 1. The highest BCUT2D eigenvalue weighted by atomic mass is 32.2. The van der Waals surface area contributed by atoms with Gasteiger partial charge in [0, 0.05) is 37.6 Å². The van der Waals surface area contributed by atoms with E-state index in [4.69, 9.17) is 0 Å². The summed E-state index contributed by atoms with van der Waals surface area (Å²) in [4.78, 5) is 23.1. The number of piperazine rings is 1. The second kappa shape index (κ2) is 8.37. The van der Waals surface area contributed by atoms with Crippen LogP contribution in [0.25, 0.3) is 0 Å². The Labute approximate surface area is 163 Å². The van der Waals surface area contributed by atoms with Crippen LogP contribution in [0.15, 0.2) is 46.5 Å². The fourth-order valence-electron chi connectivity index (χ4n) is 2.90. The van der Waals surface area contributed by atoms with Gasteiger partial charge in [0.1, 0.15) is 0 Å². The normalized spacial score (nSPS) is 15.7. The molecule has 0 N–H and O–H groups in total. The summed E-state index contributed by atoms with van der Waals surface area (Å²) in [7, 11) is -3.51. The van der Waals surface area contributed by atoms with Gasteiger partial charge in [-0.2, -0.15) is 4.31 Å². The maximum Gasteiger partial charge on any atom is 0.243 e. The third-order valence-electron chi connectivity index (χ3n) is 4.26. The largest absolute Gasteiger partial charge is 0.339 e. The molecule has 1 aliphatic heterocycles. The molecule has 0 radical (unpaired) electrons. The number of hydrogen-bond donors (Lipinski definition) is 0. The van der Waals surface area contributed by atoms with Gasteiger partial charge in [-0.15, -0.1) is 0 Å². The maximum absolute atomic E-state index is 12.6. The summed E-state index contributed by atoms with van der Waals surface area (Å²) < 4.78 is 26.7. The molecule has 2 heterocycles. The number of carbonyl (C=O) groups is 1. The van der Waals surface area contributed by atoms with Crippen molar-refractivity contribution >= 4 is 27.7 Å². The van der Waals surface area contributed by atoms with Gasteiger partial charge < -0.3 is 4.90 Å². The van der Waals surface area contributed by atoms with Crippen LogP contribution < -0.4 is 0 Å². The molecular formula is C18H22N4O3S2. The van der Waals surface area contributed by atoms with Gasteiger partial charge in [0.2, 0.25) is 15.9 Å². The fraction of sp³-hybridized carbons (Fsp3) is 0.389. The van der Waals surface area contributed by atoms with Gasteiger partial charge in [-0.3, -0.25) is 4.79 Å². The lowest BCUT2D eigenvalue weighted by molar-refractivity contribution is -0.129. The number of aromatic nitrogens is 2. The molecule has 1 aliphatic rings. The van der Waals surface area contributed by atoms with Crippen molar-refractivity contribution in [3.05, 3.63) is 47.8 Å². The summed E-state index contributed by atoms with van der Waals surface area (Å²) in [5, 5.41) is 0.589. The minimum absolute atomic E-state index is 0.0282. The van der Waals surface area contributed by atoms with Gasteiger partial charge in [-0.05, 0) is 32.0 Å². The van der Waals surface area contributed by atoms with Crippen molar-refractivity contribution in [2.24, 2.45) is 0 Å². The summed E-state index contributed by atoms with van der Waals surface area (Å²) in [6.45, 7) is 5.17. The molecule has 0 saturated carbocycles. The Hall–Kier alpha value is -1.97. The molecule has 144 valence electrons. The van der Waals surface area contributed by atoms with E-state index in [9.17, 15) is 13.2 Å². The van der Waals surface area contributed by atoms with Crippen LogP contribution in [0.1, 0.15) is 11.4 Å². The lowest BCUT2D eigenvalue weighted by Crippen LogP contribution is -2.50. The molecule has 27 heavy (non-hydrogen) atoms. The van der Waals surface area contributed by atoms with Crippen LogP contribution in [-0.4, -0.2) is 65.4 Å².